The first kappa shape index (κ1) is 18.6. The van der Waals surface area contributed by atoms with Gasteiger partial charge in [0.05, 0.1) is 5.56 Å². The maximum atomic E-state index is 12.8. The van der Waals surface area contributed by atoms with E-state index in [-0.39, 0.29) is 21.9 Å². The zero-order chi connectivity index (χ0) is 18.9. The molecule has 2 aliphatic heterocycles. The van der Waals surface area contributed by atoms with Gasteiger partial charge in [-0.15, -0.1) is 21.5 Å². The second-order valence-electron chi connectivity index (χ2n) is 6.88. The number of piperidine rings is 2. The molecule has 27 heavy (non-hydrogen) atoms. The molecule has 0 bridgehead atoms. The molecule has 10 heteroatoms. The minimum absolute atomic E-state index is 0.0430. The third-order valence-electron chi connectivity index (χ3n) is 4.98. The number of thiophene rings is 1. The first-order chi connectivity index (χ1) is 13.1. The van der Waals surface area contributed by atoms with Crippen LogP contribution in [0.3, 0.4) is 0 Å². The molecule has 0 unspecified atom stereocenters. The molecule has 2 fully saturated rings. The number of carbonyl (C=O) groups is 1. The fourth-order valence-corrected chi connectivity index (χ4v) is 6.28. The smallest absolute Gasteiger partial charge is 0.311 e. The Labute approximate surface area is 162 Å². The molecule has 2 aromatic rings. The second kappa shape index (κ2) is 7.69. The van der Waals surface area contributed by atoms with Gasteiger partial charge in [0.2, 0.25) is 5.89 Å². The highest BCUT2D eigenvalue weighted by molar-refractivity contribution is 7.91. The third-order valence-corrected chi connectivity index (χ3v) is 8.30. The minimum Gasteiger partial charge on any atom is -0.412 e. The number of amides is 1. The summed E-state index contributed by atoms with van der Waals surface area (Å²) in [6.07, 6.45) is 5.94. The summed E-state index contributed by atoms with van der Waals surface area (Å²) >= 11 is 1.14. The van der Waals surface area contributed by atoms with Gasteiger partial charge in [-0.1, -0.05) is 6.42 Å². The SMILES string of the molecule is O=C(c1nnc(-c2csc(S(=O)(=O)N3CCCCC3)c2)o1)N1CCCCC1. The summed E-state index contributed by atoms with van der Waals surface area (Å²) in [4.78, 5) is 14.2. The molecular formula is C17H22N4O4S2. The van der Waals surface area contributed by atoms with E-state index >= 15 is 0 Å². The van der Waals surface area contributed by atoms with Crippen molar-refractivity contribution < 1.29 is 17.6 Å². The highest BCUT2D eigenvalue weighted by atomic mass is 32.2. The van der Waals surface area contributed by atoms with E-state index in [0.717, 1.165) is 49.9 Å². The van der Waals surface area contributed by atoms with Crippen LogP contribution in [0.4, 0.5) is 0 Å². The minimum atomic E-state index is -3.49. The van der Waals surface area contributed by atoms with E-state index in [9.17, 15) is 13.2 Å². The van der Waals surface area contributed by atoms with Crippen molar-refractivity contribution in [2.45, 2.75) is 42.7 Å². The van der Waals surface area contributed by atoms with E-state index < -0.39 is 10.0 Å². The van der Waals surface area contributed by atoms with Crippen LogP contribution in [0.2, 0.25) is 0 Å². The summed E-state index contributed by atoms with van der Waals surface area (Å²) in [6, 6.07) is 1.55. The molecule has 2 aliphatic rings. The monoisotopic (exact) mass is 410 g/mol. The Morgan fingerprint density at radius 1 is 1.00 bits per heavy atom. The number of aromatic nitrogens is 2. The van der Waals surface area contributed by atoms with Crippen molar-refractivity contribution in [2.75, 3.05) is 26.2 Å². The first-order valence-corrected chi connectivity index (χ1v) is 11.6. The van der Waals surface area contributed by atoms with Crippen molar-refractivity contribution in [3.05, 3.63) is 17.3 Å². The quantitative estimate of drug-likeness (QED) is 0.769. The average Bonchev–Trinajstić information content (AvgIpc) is 3.38. The predicted molar refractivity (Wildman–Crippen MR) is 100.0 cm³/mol. The Bertz CT molecular complexity index is 909. The van der Waals surface area contributed by atoms with E-state index in [0.29, 0.717) is 31.7 Å². The lowest BCUT2D eigenvalue weighted by molar-refractivity contribution is 0.0684. The van der Waals surface area contributed by atoms with Gasteiger partial charge in [0.1, 0.15) is 4.21 Å². The van der Waals surface area contributed by atoms with Crippen molar-refractivity contribution in [3.63, 3.8) is 0 Å². The summed E-state index contributed by atoms with van der Waals surface area (Å²) in [5.74, 6) is -0.130. The van der Waals surface area contributed by atoms with Crippen LogP contribution in [0.25, 0.3) is 11.5 Å². The van der Waals surface area contributed by atoms with Crippen LogP contribution in [-0.4, -0.2) is 59.9 Å². The van der Waals surface area contributed by atoms with Gasteiger partial charge in [0, 0.05) is 31.6 Å². The largest absolute Gasteiger partial charge is 0.412 e. The van der Waals surface area contributed by atoms with Gasteiger partial charge in [0.15, 0.2) is 0 Å². The van der Waals surface area contributed by atoms with Crippen LogP contribution in [0.1, 0.15) is 49.2 Å². The molecule has 0 aliphatic carbocycles. The molecule has 2 aromatic heterocycles. The van der Waals surface area contributed by atoms with Gasteiger partial charge < -0.3 is 9.32 Å². The maximum absolute atomic E-state index is 12.8. The number of rotatable bonds is 4. The summed E-state index contributed by atoms with van der Waals surface area (Å²) in [6.45, 7) is 2.52. The predicted octanol–water partition coefficient (Wildman–Crippen LogP) is 2.60. The fraction of sp³-hybridized carbons (Fsp3) is 0.588. The van der Waals surface area contributed by atoms with E-state index in [1.54, 1.807) is 16.3 Å². The number of hydrogen-bond acceptors (Lipinski definition) is 7. The van der Waals surface area contributed by atoms with E-state index in [4.69, 9.17) is 4.42 Å². The Hall–Kier alpha value is -1.78. The number of sulfonamides is 1. The highest BCUT2D eigenvalue weighted by Gasteiger charge is 2.29. The summed E-state index contributed by atoms with van der Waals surface area (Å²) in [7, 11) is -3.49. The molecule has 0 radical (unpaired) electrons. The molecule has 1 amide bonds. The molecule has 4 heterocycles. The number of hydrogen-bond donors (Lipinski definition) is 0. The molecule has 0 atom stereocenters. The number of carbonyl (C=O) groups excluding carboxylic acids is 1. The average molecular weight is 411 g/mol. The molecule has 0 aromatic carbocycles. The summed E-state index contributed by atoms with van der Waals surface area (Å²) in [5, 5.41) is 9.49. The second-order valence-corrected chi connectivity index (χ2v) is 9.96. The van der Waals surface area contributed by atoms with Gasteiger partial charge >= 0.3 is 11.8 Å². The Balaban J connectivity index is 1.52. The van der Waals surface area contributed by atoms with Crippen molar-refractivity contribution in [1.82, 2.24) is 19.4 Å². The lowest BCUT2D eigenvalue weighted by Crippen LogP contribution is -2.35. The first-order valence-electron chi connectivity index (χ1n) is 9.27. The standard InChI is InChI=1S/C17H22N4O4S2/c22-17(20-7-3-1-4-8-20)16-19-18-15(25-16)13-11-14(26-12-13)27(23,24)21-9-5-2-6-10-21/h11-12H,1-10H2. The van der Waals surface area contributed by atoms with Crippen molar-refractivity contribution in [1.29, 1.82) is 0 Å². The van der Waals surface area contributed by atoms with Crippen LogP contribution in [0, 0.1) is 0 Å². The van der Waals surface area contributed by atoms with Crippen molar-refractivity contribution in [2.24, 2.45) is 0 Å². The molecule has 4 rings (SSSR count). The van der Waals surface area contributed by atoms with Gasteiger partial charge in [-0.05, 0) is 38.2 Å². The van der Waals surface area contributed by atoms with Gasteiger partial charge in [-0.25, -0.2) is 8.42 Å². The van der Waals surface area contributed by atoms with Crippen molar-refractivity contribution in [3.8, 4) is 11.5 Å². The van der Waals surface area contributed by atoms with Crippen LogP contribution < -0.4 is 0 Å². The van der Waals surface area contributed by atoms with Gasteiger partial charge in [-0.2, -0.15) is 4.31 Å². The third kappa shape index (κ3) is 3.78. The topological polar surface area (TPSA) is 96.6 Å². The maximum Gasteiger partial charge on any atom is 0.311 e. The van der Waals surface area contributed by atoms with Crippen LogP contribution in [0.5, 0.6) is 0 Å². The summed E-state index contributed by atoms with van der Waals surface area (Å²) < 4.78 is 32.9. The van der Waals surface area contributed by atoms with Crippen LogP contribution in [-0.2, 0) is 10.0 Å². The van der Waals surface area contributed by atoms with E-state index in [1.165, 1.54) is 4.31 Å². The molecule has 0 spiro atoms. The van der Waals surface area contributed by atoms with Crippen LogP contribution >= 0.6 is 11.3 Å². The molecule has 2 saturated heterocycles. The Kier molecular flexibility index (Phi) is 5.29. The molecule has 8 nitrogen and oxygen atoms in total. The number of likely N-dealkylation sites (tertiary alicyclic amines) is 1. The van der Waals surface area contributed by atoms with E-state index in [1.807, 2.05) is 0 Å². The molecule has 146 valence electrons. The van der Waals surface area contributed by atoms with Crippen LogP contribution in [0.15, 0.2) is 20.1 Å². The Morgan fingerprint density at radius 2 is 1.67 bits per heavy atom. The zero-order valence-electron chi connectivity index (χ0n) is 15.0. The normalized spacial score (nSPS) is 19.3. The summed E-state index contributed by atoms with van der Waals surface area (Å²) in [5.41, 5.74) is 0.528. The lowest BCUT2D eigenvalue weighted by atomic mass is 10.1. The fourth-order valence-electron chi connectivity index (χ4n) is 3.46. The number of nitrogens with zero attached hydrogens (tertiary/aromatic N) is 4. The van der Waals surface area contributed by atoms with Crippen molar-refractivity contribution >= 4 is 27.3 Å². The van der Waals surface area contributed by atoms with Gasteiger partial charge in [-0.3, -0.25) is 4.79 Å². The molecule has 0 saturated carbocycles. The lowest BCUT2D eigenvalue weighted by Gasteiger charge is -2.25. The molecule has 0 N–H and O–H groups in total. The van der Waals surface area contributed by atoms with E-state index in [2.05, 4.69) is 10.2 Å². The highest BCUT2D eigenvalue weighted by Crippen LogP contribution is 2.31. The Morgan fingerprint density at radius 3 is 2.37 bits per heavy atom. The molecular weight excluding hydrogens is 388 g/mol. The van der Waals surface area contributed by atoms with Gasteiger partial charge in [0.25, 0.3) is 10.0 Å². The zero-order valence-corrected chi connectivity index (χ0v) is 16.6.